The molecule has 0 aliphatic heterocycles. The molecule has 2 N–H and O–H groups in total. The fraction of sp³-hybridized carbons (Fsp3) is 0.0588. The van der Waals surface area contributed by atoms with E-state index in [1.54, 1.807) is 42.7 Å². The van der Waals surface area contributed by atoms with Gasteiger partial charge in [-0.3, -0.25) is 4.79 Å². The largest absolute Gasteiger partial charge is 0.467 e. The number of hydrogen-bond donors (Lipinski definition) is 2. The van der Waals surface area contributed by atoms with E-state index in [4.69, 9.17) is 9.68 Å². The lowest BCUT2D eigenvalue weighted by atomic mass is 10.2. The normalized spacial score (nSPS) is 9.96. The molecule has 3 aromatic rings. The summed E-state index contributed by atoms with van der Waals surface area (Å²) in [6.07, 6.45) is 2.85. The van der Waals surface area contributed by atoms with E-state index in [1.165, 1.54) is 12.4 Å². The molecular weight excluding hydrogens is 306 g/mol. The molecule has 24 heavy (non-hydrogen) atoms. The summed E-state index contributed by atoms with van der Waals surface area (Å²) < 4.78 is 5.16. The molecule has 0 aliphatic rings. The third kappa shape index (κ3) is 3.75. The summed E-state index contributed by atoms with van der Waals surface area (Å²) in [7, 11) is 0. The van der Waals surface area contributed by atoms with E-state index in [-0.39, 0.29) is 18.1 Å². The number of nitriles is 1. The molecule has 7 heteroatoms. The second-order valence-corrected chi connectivity index (χ2v) is 4.87. The Labute approximate surface area is 138 Å². The number of benzene rings is 1. The Bertz CT molecular complexity index is 884. The van der Waals surface area contributed by atoms with Crippen LogP contribution in [0.1, 0.15) is 21.8 Å². The minimum atomic E-state index is -0.331. The first-order valence-electron chi connectivity index (χ1n) is 7.14. The van der Waals surface area contributed by atoms with Crippen molar-refractivity contribution in [3.63, 3.8) is 0 Å². The minimum Gasteiger partial charge on any atom is -0.467 e. The van der Waals surface area contributed by atoms with Crippen molar-refractivity contribution in [3.05, 3.63) is 72.1 Å². The Morgan fingerprint density at radius 2 is 2.12 bits per heavy atom. The highest BCUT2D eigenvalue weighted by molar-refractivity contribution is 5.92. The Kier molecular flexibility index (Phi) is 4.49. The molecule has 0 fully saturated rings. The molecule has 1 amide bonds. The van der Waals surface area contributed by atoms with Crippen molar-refractivity contribution in [2.45, 2.75) is 6.54 Å². The van der Waals surface area contributed by atoms with Crippen LogP contribution < -0.4 is 10.6 Å². The van der Waals surface area contributed by atoms with Gasteiger partial charge in [-0.1, -0.05) is 6.07 Å². The number of amides is 1. The summed E-state index contributed by atoms with van der Waals surface area (Å²) in [5.41, 5.74) is 1.47. The van der Waals surface area contributed by atoms with Gasteiger partial charge in [0.15, 0.2) is 0 Å². The van der Waals surface area contributed by atoms with Gasteiger partial charge in [0.25, 0.3) is 5.91 Å². The molecule has 2 aromatic heterocycles. The van der Waals surface area contributed by atoms with Crippen molar-refractivity contribution in [1.29, 1.82) is 5.26 Å². The van der Waals surface area contributed by atoms with Gasteiger partial charge < -0.3 is 15.1 Å². The van der Waals surface area contributed by atoms with Crippen LogP contribution in [0.2, 0.25) is 0 Å². The molecule has 0 saturated carbocycles. The number of nitrogens with one attached hydrogen (secondary N) is 2. The summed E-state index contributed by atoms with van der Waals surface area (Å²) in [5.74, 6) is 0.787. The molecular formula is C17H13N5O2. The van der Waals surface area contributed by atoms with Crippen LogP contribution in [-0.2, 0) is 6.54 Å². The average molecular weight is 319 g/mol. The second kappa shape index (κ2) is 7.07. The topological polar surface area (TPSA) is 104 Å². The molecule has 0 aliphatic carbocycles. The molecule has 7 nitrogen and oxygen atoms in total. The van der Waals surface area contributed by atoms with Gasteiger partial charge in [0, 0.05) is 11.8 Å². The average Bonchev–Trinajstić information content (AvgIpc) is 3.13. The van der Waals surface area contributed by atoms with Crippen molar-refractivity contribution in [3.8, 4) is 6.07 Å². The van der Waals surface area contributed by atoms with Gasteiger partial charge >= 0.3 is 0 Å². The Morgan fingerprint density at radius 1 is 1.21 bits per heavy atom. The molecule has 0 unspecified atom stereocenters. The van der Waals surface area contributed by atoms with E-state index < -0.39 is 0 Å². The van der Waals surface area contributed by atoms with Crippen molar-refractivity contribution in [2.75, 3.05) is 5.32 Å². The van der Waals surface area contributed by atoms with E-state index in [9.17, 15) is 4.79 Å². The third-order valence-corrected chi connectivity index (χ3v) is 3.17. The maximum absolute atomic E-state index is 12.1. The zero-order valence-corrected chi connectivity index (χ0v) is 12.6. The van der Waals surface area contributed by atoms with E-state index >= 15 is 0 Å². The summed E-state index contributed by atoms with van der Waals surface area (Å²) in [5, 5.41) is 14.7. The highest BCUT2D eigenvalue weighted by Gasteiger charge is 2.09. The zero-order valence-electron chi connectivity index (χ0n) is 12.6. The molecule has 2 heterocycles. The van der Waals surface area contributed by atoms with Crippen molar-refractivity contribution >= 4 is 17.4 Å². The van der Waals surface area contributed by atoms with Crippen molar-refractivity contribution in [2.24, 2.45) is 0 Å². The van der Waals surface area contributed by atoms with Crippen LogP contribution in [0, 0.1) is 11.3 Å². The first-order chi connectivity index (χ1) is 11.7. The van der Waals surface area contributed by atoms with Gasteiger partial charge in [-0.15, -0.1) is 0 Å². The number of rotatable bonds is 5. The van der Waals surface area contributed by atoms with Crippen LogP contribution in [0.3, 0.4) is 0 Å². The van der Waals surface area contributed by atoms with Crippen LogP contribution in [0.4, 0.5) is 11.5 Å². The van der Waals surface area contributed by atoms with Crippen molar-refractivity contribution < 1.29 is 9.21 Å². The van der Waals surface area contributed by atoms with Crippen LogP contribution in [-0.4, -0.2) is 15.9 Å². The highest BCUT2D eigenvalue weighted by atomic mass is 16.3. The molecule has 0 saturated heterocycles. The fourth-order valence-electron chi connectivity index (χ4n) is 2.04. The number of aromatic nitrogens is 2. The third-order valence-electron chi connectivity index (χ3n) is 3.17. The van der Waals surface area contributed by atoms with Crippen LogP contribution in [0.5, 0.6) is 0 Å². The second-order valence-electron chi connectivity index (χ2n) is 4.87. The molecule has 0 bridgehead atoms. The minimum absolute atomic E-state index is 0.232. The first kappa shape index (κ1) is 15.2. The van der Waals surface area contributed by atoms with Gasteiger partial charge in [-0.25, -0.2) is 9.97 Å². The SMILES string of the molecule is N#Cc1cccc(Nc2cc(C(=O)NCc3ccco3)ncn2)c1. The molecule has 3 rings (SSSR count). The Balaban J connectivity index is 1.69. The standard InChI is InChI=1S/C17H13N5O2/c18-9-12-3-1-4-13(7-12)22-16-8-15(20-11-21-16)17(23)19-10-14-5-2-6-24-14/h1-8,11H,10H2,(H,19,23)(H,20,21,22). The smallest absolute Gasteiger partial charge is 0.270 e. The van der Waals surface area contributed by atoms with Gasteiger partial charge in [0.1, 0.15) is 23.6 Å². The number of hydrogen-bond acceptors (Lipinski definition) is 6. The predicted molar refractivity (Wildman–Crippen MR) is 86.3 cm³/mol. The number of nitrogens with zero attached hydrogens (tertiary/aromatic N) is 3. The maximum Gasteiger partial charge on any atom is 0.270 e. The molecule has 0 atom stereocenters. The Morgan fingerprint density at radius 3 is 2.92 bits per heavy atom. The monoisotopic (exact) mass is 319 g/mol. The number of anilines is 2. The summed E-state index contributed by atoms with van der Waals surface area (Å²) >= 11 is 0. The molecule has 1 aromatic carbocycles. The van der Waals surface area contributed by atoms with E-state index in [2.05, 4.69) is 26.7 Å². The van der Waals surface area contributed by atoms with Crippen LogP contribution in [0.15, 0.2) is 59.5 Å². The zero-order chi connectivity index (χ0) is 16.8. The lowest BCUT2D eigenvalue weighted by molar-refractivity contribution is 0.0943. The first-order valence-corrected chi connectivity index (χ1v) is 7.14. The molecule has 0 spiro atoms. The van der Waals surface area contributed by atoms with Gasteiger partial charge in [-0.2, -0.15) is 5.26 Å². The lowest BCUT2D eigenvalue weighted by Crippen LogP contribution is -2.23. The fourth-order valence-corrected chi connectivity index (χ4v) is 2.04. The quantitative estimate of drug-likeness (QED) is 0.749. The van der Waals surface area contributed by atoms with E-state index in [0.29, 0.717) is 22.8 Å². The number of furan rings is 1. The number of carbonyl (C=O) groups is 1. The van der Waals surface area contributed by atoms with Gasteiger partial charge in [0.05, 0.1) is 24.4 Å². The number of carbonyl (C=O) groups excluding carboxylic acids is 1. The summed E-state index contributed by atoms with van der Waals surface area (Å²) in [6.45, 7) is 0.281. The van der Waals surface area contributed by atoms with E-state index in [0.717, 1.165) is 0 Å². The van der Waals surface area contributed by atoms with Crippen LogP contribution >= 0.6 is 0 Å². The van der Waals surface area contributed by atoms with E-state index in [1.807, 2.05) is 0 Å². The maximum atomic E-state index is 12.1. The highest BCUT2D eigenvalue weighted by Crippen LogP contribution is 2.16. The summed E-state index contributed by atoms with van der Waals surface area (Å²) in [6, 6.07) is 14.1. The predicted octanol–water partition coefficient (Wildman–Crippen LogP) is 2.61. The van der Waals surface area contributed by atoms with Gasteiger partial charge in [-0.05, 0) is 30.3 Å². The van der Waals surface area contributed by atoms with Crippen molar-refractivity contribution in [1.82, 2.24) is 15.3 Å². The summed E-state index contributed by atoms with van der Waals surface area (Å²) in [4.78, 5) is 20.2. The van der Waals surface area contributed by atoms with Gasteiger partial charge in [0.2, 0.25) is 0 Å². The van der Waals surface area contributed by atoms with Crippen LogP contribution in [0.25, 0.3) is 0 Å². The molecule has 118 valence electrons. The Hall–Kier alpha value is -3.66. The molecule has 0 radical (unpaired) electrons. The lowest BCUT2D eigenvalue weighted by Gasteiger charge is -2.07.